The van der Waals surface area contributed by atoms with Crippen LogP contribution in [0.2, 0.25) is 0 Å². The maximum atomic E-state index is 12.7. The zero-order valence-electron chi connectivity index (χ0n) is 31.8. The standard InChI is InChI=1S/C40H68N2O8/c1-7-12-32(44)24-35-19-17-28(3)37(48-35)25-38(46)42-26-36(45)30(5)39(47)41-22-9-8-13-33-14-10-20-40(49-33)21-11-15-34(50-40)18-16-27(2)23-29(4)31(6)43/h7,12,23,27-28,30-31,33-37,43,45H,8-11,13-22,24-26H2,1-6H3,(H,41,47)(H,42,46). The van der Waals surface area contributed by atoms with Gasteiger partial charge in [0.05, 0.1) is 49.0 Å². The minimum absolute atomic E-state index is 0.0137. The summed E-state index contributed by atoms with van der Waals surface area (Å²) in [6.07, 6.45) is 17.0. The minimum Gasteiger partial charge on any atom is -0.390 e. The summed E-state index contributed by atoms with van der Waals surface area (Å²) >= 11 is 0. The monoisotopic (exact) mass is 704 g/mol. The SMILES string of the molecule is CC=CC(=O)CC1CCC(C)C(CC(=O)NCC(O)C(C)C(=O)NCCCCC2CCCC3(CCCC(CCC(C)C=C(C)C(C)O)O3)O2)O1. The zero-order valence-corrected chi connectivity index (χ0v) is 31.8. The predicted molar refractivity (Wildman–Crippen MR) is 195 cm³/mol. The summed E-state index contributed by atoms with van der Waals surface area (Å²) in [6, 6.07) is 0. The van der Waals surface area contributed by atoms with Gasteiger partial charge in [-0.05, 0) is 115 Å². The molecular weight excluding hydrogens is 636 g/mol. The van der Waals surface area contributed by atoms with Gasteiger partial charge in [0.15, 0.2) is 11.6 Å². The summed E-state index contributed by atoms with van der Waals surface area (Å²) in [4.78, 5) is 37.4. The van der Waals surface area contributed by atoms with Gasteiger partial charge in [0.1, 0.15) is 0 Å². The summed E-state index contributed by atoms with van der Waals surface area (Å²) in [7, 11) is 0. The maximum Gasteiger partial charge on any atom is 0.225 e. The molecule has 2 amide bonds. The molecule has 0 aromatic carbocycles. The number of amides is 2. The Bertz CT molecular complexity index is 1120. The Labute approximate surface area is 301 Å². The molecule has 10 heteroatoms. The van der Waals surface area contributed by atoms with Crippen molar-refractivity contribution in [3.8, 4) is 0 Å². The van der Waals surface area contributed by atoms with Gasteiger partial charge >= 0.3 is 0 Å². The highest BCUT2D eigenvalue weighted by Crippen LogP contribution is 2.41. The largest absolute Gasteiger partial charge is 0.390 e. The van der Waals surface area contributed by atoms with Crippen molar-refractivity contribution in [3.63, 3.8) is 0 Å². The van der Waals surface area contributed by atoms with Gasteiger partial charge in [-0.25, -0.2) is 0 Å². The number of ketones is 1. The van der Waals surface area contributed by atoms with Crippen molar-refractivity contribution in [3.05, 3.63) is 23.8 Å². The van der Waals surface area contributed by atoms with Crippen molar-refractivity contribution < 1.29 is 38.8 Å². The van der Waals surface area contributed by atoms with Crippen LogP contribution in [0.15, 0.2) is 23.8 Å². The van der Waals surface area contributed by atoms with Crippen molar-refractivity contribution in [2.24, 2.45) is 17.8 Å². The smallest absolute Gasteiger partial charge is 0.225 e. The number of allylic oxidation sites excluding steroid dienone is 3. The molecule has 10 atom stereocenters. The van der Waals surface area contributed by atoms with Gasteiger partial charge < -0.3 is 35.1 Å². The molecule has 3 fully saturated rings. The molecule has 0 aromatic rings. The topological polar surface area (TPSA) is 143 Å². The van der Waals surface area contributed by atoms with Crippen LogP contribution in [-0.4, -0.2) is 83.3 Å². The molecule has 0 saturated carbocycles. The summed E-state index contributed by atoms with van der Waals surface area (Å²) in [5.74, 6) is -0.979. The summed E-state index contributed by atoms with van der Waals surface area (Å²) < 4.78 is 19.3. The first-order chi connectivity index (χ1) is 23.8. The second kappa shape index (κ2) is 21.4. The van der Waals surface area contributed by atoms with Gasteiger partial charge in [-0.1, -0.05) is 32.9 Å². The normalized spacial score (nSPS) is 30.1. The molecule has 10 unspecified atom stereocenters. The molecule has 3 heterocycles. The third kappa shape index (κ3) is 14.5. The third-order valence-electron chi connectivity index (χ3n) is 10.9. The van der Waals surface area contributed by atoms with Crippen LogP contribution in [0.3, 0.4) is 0 Å². The first-order valence-corrected chi connectivity index (χ1v) is 19.6. The van der Waals surface area contributed by atoms with E-state index in [9.17, 15) is 24.6 Å². The van der Waals surface area contributed by atoms with Crippen LogP contribution in [0.1, 0.15) is 138 Å². The Kier molecular flexibility index (Phi) is 18.1. The summed E-state index contributed by atoms with van der Waals surface area (Å²) in [5, 5.41) is 26.1. The highest BCUT2D eigenvalue weighted by molar-refractivity contribution is 5.89. The number of aliphatic hydroxyl groups is 2. The average molecular weight is 705 g/mol. The van der Waals surface area contributed by atoms with Crippen LogP contribution in [0.25, 0.3) is 0 Å². The molecule has 1 spiro atoms. The van der Waals surface area contributed by atoms with Gasteiger partial charge in [0, 0.05) is 32.4 Å². The first kappa shape index (κ1) is 42.3. The predicted octanol–water partition coefficient (Wildman–Crippen LogP) is 6.07. The number of carbonyl (C=O) groups is 3. The molecule has 286 valence electrons. The molecule has 10 nitrogen and oxygen atoms in total. The Hall–Kier alpha value is -2.11. The lowest BCUT2D eigenvalue weighted by Gasteiger charge is -2.46. The van der Waals surface area contributed by atoms with Gasteiger partial charge in [0.2, 0.25) is 11.8 Å². The quantitative estimate of drug-likeness (QED) is 0.0721. The van der Waals surface area contributed by atoms with Crippen LogP contribution < -0.4 is 10.6 Å². The zero-order chi connectivity index (χ0) is 36.7. The summed E-state index contributed by atoms with van der Waals surface area (Å²) in [6.45, 7) is 12.0. The first-order valence-electron chi connectivity index (χ1n) is 19.6. The molecular formula is C40H68N2O8. The van der Waals surface area contributed by atoms with E-state index in [1.165, 1.54) is 0 Å². The Morgan fingerprint density at radius 2 is 1.58 bits per heavy atom. The van der Waals surface area contributed by atoms with Crippen LogP contribution in [0, 0.1) is 17.8 Å². The van der Waals surface area contributed by atoms with Gasteiger partial charge in [-0.15, -0.1) is 0 Å². The van der Waals surface area contributed by atoms with E-state index >= 15 is 0 Å². The molecule has 3 aliphatic heterocycles. The van der Waals surface area contributed by atoms with E-state index in [0.29, 0.717) is 18.9 Å². The Morgan fingerprint density at radius 3 is 2.24 bits per heavy atom. The van der Waals surface area contributed by atoms with E-state index in [0.717, 1.165) is 89.0 Å². The van der Waals surface area contributed by atoms with E-state index in [4.69, 9.17) is 14.2 Å². The number of nitrogens with one attached hydrogen (secondary N) is 2. The number of hydrogen-bond acceptors (Lipinski definition) is 8. The van der Waals surface area contributed by atoms with Crippen molar-refractivity contribution in [2.45, 2.75) is 180 Å². The van der Waals surface area contributed by atoms with E-state index in [-0.39, 0.29) is 60.9 Å². The lowest BCUT2D eigenvalue weighted by molar-refractivity contribution is -0.316. The van der Waals surface area contributed by atoms with E-state index < -0.39 is 23.9 Å². The van der Waals surface area contributed by atoms with Gasteiger partial charge in [0.25, 0.3) is 0 Å². The number of carbonyl (C=O) groups excluding carboxylic acids is 3. The van der Waals surface area contributed by atoms with Gasteiger partial charge in [-0.2, -0.15) is 0 Å². The Balaban J connectivity index is 1.30. The van der Waals surface area contributed by atoms with Crippen LogP contribution >= 0.6 is 0 Å². The van der Waals surface area contributed by atoms with Crippen molar-refractivity contribution in [1.29, 1.82) is 0 Å². The number of unbranched alkanes of at least 4 members (excludes halogenated alkanes) is 1. The van der Waals surface area contributed by atoms with E-state index in [2.05, 4.69) is 23.6 Å². The second-order valence-corrected chi connectivity index (χ2v) is 15.5. The van der Waals surface area contributed by atoms with Crippen molar-refractivity contribution in [2.75, 3.05) is 13.1 Å². The fraction of sp³-hybridized carbons (Fsp3) is 0.825. The van der Waals surface area contributed by atoms with E-state index in [1.807, 2.05) is 27.7 Å². The third-order valence-corrected chi connectivity index (χ3v) is 10.9. The van der Waals surface area contributed by atoms with Crippen LogP contribution in [-0.2, 0) is 28.6 Å². The Morgan fingerprint density at radius 1 is 0.900 bits per heavy atom. The fourth-order valence-corrected chi connectivity index (χ4v) is 7.49. The number of aliphatic hydroxyl groups excluding tert-OH is 2. The van der Waals surface area contributed by atoms with Crippen molar-refractivity contribution >= 4 is 17.6 Å². The molecule has 0 aromatic heterocycles. The molecule has 0 bridgehead atoms. The lowest BCUT2D eigenvalue weighted by atomic mass is 9.89. The van der Waals surface area contributed by atoms with Crippen LogP contribution in [0.5, 0.6) is 0 Å². The number of rotatable bonds is 19. The fourth-order valence-electron chi connectivity index (χ4n) is 7.49. The molecule has 3 aliphatic rings. The lowest BCUT2D eigenvalue weighted by Crippen LogP contribution is -2.48. The number of hydrogen-bond donors (Lipinski definition) is 4. The highest BCUT2D eigenvalue weighted by Gasteiger charge is 2.42. The summed E-state index contributed by atoms with van der Waals surface area (Å²) in [5.41, 5.74) is 1.02. The average Bonchev–Trinajstić information content (AvgIpc) is 3.07. The minimum atomic E-state index is -1.01. The second-order valence-electron chi connectivity index (χ2n) is 15.5. The van der Waals surface area contributed by atoms with Crippen molar-refractivity contribution in [1.82, 2.24) is 10.6 Å². The molecule has 0 aliphatic carbocycles. The van der Waals surface area contributed by atoms with Crippen LogP contribution in [0.4, 0.5) is 0 Å². The molecule has 50 heavy (non-hydrogen) atoms. The number of ether oxygens (including phenoxy) is 3. The van der Waals surface area contributed by atoms with Gasteiger partial charge in [-0.3, -0.25) is 14.4 Å². The molecule has 0 radical (unpaired) electrons. The molecule has 4 N–H and O–H groups in total. The molecule has 3 saturated heterocycles. The van der Waals surface area contributed by atoms with E-state index in [1.54, 1.807) is 19.1 Å². The maximum absolute atomic E-state index is 12.7. The highest BCUT2D eigenvalue weighted by atomic mass is 16.7. The molecule has 3 rings (SSSR count).